The SMILES string of the molecule is CC(C)CC(=O)Nc1ccc(NC(=O)c2ccc(CSC(F)F)o2)cc1. The van der Waals surface area contributed by atoms with Crippen LogP contribution in [0.15, 0.2) is 40.8 Å². The van der Waals surface area contributed by atoms with Crippen LogP contribution in [-0.4, -0.2) is 17.6 Å². The number of rotatable bonds is 8. The summed E-state index contributed by atoms with van der Waals surface area (Å²) >= 11 is 0.430. The van der Waals surface area contributed by atoms with E-state index < -0.39 is 11.7 Å². The summed E-state index contributed by atoms with van der Waals surface area (Å²) in [6.45, 7) is 3.93. The second-order valence-electron chi connectivity index (χ2n) is 6.02. The molecule has 1 aromatic heterocycles. The van der Waals surface area contributed by atoms with Crippen LogP contribution in [0.5, 0.6) is 0 Å². The zero-order chi connectivity index (χ0) is 19.1. The Morgan fingerprint density at radius 2 is 1.65 bits per heavy atom. The van der Waals surface area contributed by atoms with Crippen molar-refractivity contribution in [2.45, 2.75) is 31.8 Å². The van der Waals surface area contributed by atoms with E-state index in [4.69, 9.17) is 4.42 Å². The quantitative estimate of drug-likeness (QED) is 0.676. The van der Waals surface area contributed by atoms with Crippen molar-refractivity contribution in [2.75, 3.05) is 10.6 Å². The van der Waals surface area contributed by atoms with Crippen molar-refractivity contribution in [3.05, 3.63) is 47.9 Å². The van der Waals surface area contributed by atoms with E-state index in [1.807, 2.05) is 13.8 Å². The topological polar surface area (TPSA) is 71.3 Å². The molecule has 140 valence electrons. The first-order valence-electron chi connectivity index (χ1n) is 8.03. The number of nitrogens with one attached hydrogen (secondary N) is 2. The van der Waals surface area contributed by atoms with Crippen molar-refractivity contribution >= 4 is 35.0 Å². The molecule has 5 nitrogen and oxygen atoms in total. The van der Waals surface area contributed by atoms with E-state index in [-0.39, 0.29) is 23.3 Å². The van der Waals surface area contributed by atoms with Crippen LogP contribution in [0.1, 0.15) is 36.6 Å². The molecule has 1 heterocycles. The van der Waals surface area contributed by atoms with E-state index in [2.05, 4.69) is 10.6 Å². The van der Waals surface area contributed by atoms with E-state index in [0.29, 0.717) is 35.3 Å². The fourth-order valence-electron chi connectivity index (χ4n) is 2.14. The zero-order valence-corrected chi connectivity index (χ0v) is 15.2. The summed E-state index contributed by atoms with van der Waals surface area (Å²) in [5.74, 6) is -2.41. The van der Waals surface area contributed by atoms with E-state index in [1.54, 1.807) is 24.3 Å². The number of halogens is 2. The maximum atomic E-state index is 12.2. The van der Waals surface area contributed by atoms with Gasteiger partial charge in [0.05, 0.1) is 5.75 Å². The lowest BCUT2D eigenvalue weighted by molar-refractivity contribution is -0.116. The number of carbonyl (C=O) groups is 2. The van der Waals surface area contributed by atoms with Crippen molar-refractivity contribution < 1.29 is 22.8 Å². The van der Waals surface area contributed by atoms with Crippen LogP contribution in [0, 0.1) is 5.92 Å². The summed E-state index contributed by atoms with van der Waals surface area (Å²) in [6, 6.07) is 9.61. The maximum Gasteiger partial charge on any atom is 0.291 e. The number of alkyl halides is 2. The largest absolute Gasteiger partial charge is 0.455 e. The average molecular weight is 382 g/mol. The van der Waals surface area contributed by atoms with Gasteiger partial charge in [0, 0.05) is 17.8 Å². The summed E-state index contributed by atoms with van der Waals surface area (Å²) in [7, 11) is 0. The lowest BCUT2D eigenvalue weighted by atomic mass is 10.1. The van der Waals surface area contributed by atoms with Gasteiger partial charge in [-0.05, 0) is 42.3 Å². The Morgan fingerprint density at radius 1 is 1.04 bits per heavy atom. The number of hydrogen-bond acceptors (Lipinski definition) is 4. The molecular weight excluding hydrogens is 362 g/mol. The number of benzene rings is 1. The van der Waals surface area contributed by atoms with Gasteiger partial charge in [0.25, 0.3) is 11.7 Å². The summed E-state index contributed by atoms with van der Waals surface area (Å²) in [5, 5.41) is 5.43. The highest BCUT2D eigenvalue weighted by molar-refractivity contribution is 7.98. The van der Waals surface area contributed by atoms with Crippen LogP contribution in [-0.2, 0) is 10.5 Å². The maximum absolute atomic E-state index is 12.2. The summed E-state index contributed by atoms with van der Waals surface area (Å²) in [6.07, 6.45) is 0.434. The van der Waals surface area contributed by atoms with Gasteiger partial charge in [-0.15, -0.1) is 0 Å². The molecule has 0 bridgehead atoms. The molecule has 2 amide bonds. The molecule has 0 aliphatic heterocycles. The van der Waals surface area contributed by atoms with Crippen molar-refractivity contribution in [1.29, 1.82) is 0 Å². The van der Waals surface area contributed by atoms with Crippen molar-refractivity contribution in [3.63, 3.8) is 0 Å². The van der Waals surface area contributed by atoms with Gasteiger partial charge in [0.1, 0.15) is 5.76 Å². The van der Waals surface area contributed by atoms with Gasteiger partial charge in [-0.2, -0.15) is 8.78 Å². The Hall–Kier alpha value is -2.35. The van der Waals surface area contributed by atoms with Crippen LogP contribution < -0.4 is 10.6 Å². The molecule has 0 atom stereocenters. The van der Waals surface area contributed by atoms with Gasteiger partial charge in [0.2, 0.25) is 5.91 Å². The monoisotopic (exact) mass is 382 g/mol. The first-order chi connectivity index (χ1) is 12.3. The Bertz CT molecular complexity index is 745. The highest BCUT2D eigenvalue weighted by Crippen LogP contribution is 2.22. The summed E-state index contributed by atoms with van der Waals surface area (Å²) in [4.78, 5) is 23.8. The number of amides is 2. The highest BCUT2D eigenvalue weighted by atomic mass is 32.2. The second kappa shape index (κ2) is 9.38. The number of thioether (sulfide) groups is 1. The normalized spacial score (nSPS) is 11.0. The van der Waals surface area contributed by atoms with Crippen molar-refractivity contribution in [3.8, 4) is 0 Å². The molecular formula is C18H20F2N2O3S. The highest BCUT2D eigenvalue weighted by Gasteiger charge is 2.13. The molecule has 0 spiro atoms. The standard InChI is InChI=1S/C18H20F2N2O3S/c1-11(2)9-16(23)21-12-3-5-13(6-4-12)22-17(24)15-8-7-14(25-15)10-26-18(19)20/h3-8,11,18H,9-10H2,1-2H3,(H,21,23)(H,22,24). The van der Waals surface area contributed by atoms with Crippen LogP contribution in [0.25, 0.3) is 0 Å². The number of anilines is 2. The van der Waals surface area contributed by atoms with Gasteiger partial charge in [0.15, 0.2) is 5.76 Å². The lowest BCUT2D eigenvalue weighted by Gasteiger charge is -2.08. The minimum absolute atomic E-state index is 0.00425. The zero-order valence-electron chi connectivity index (χ0n) is 14.4. The van der Waals surface area contributed by atoms with E-state index in [1.165, 1.54) is 12.1 Å². The van der Waals surface area contributed by atoms with Crippen LogP contribution in [0.3, 0.4) is 0 Å². The fraction of sp³-hybridized carbons (Fsp3) is 0.333. The third kappa shape index (κ3) is 6.51. The molecule has 0 fully saturated rings. The molecule has 8 heteroatoms. The van der Waals surface area contributed by atoms with Gasteiger partial charge >= 0.3 is 0 Å². The molecule has 0 radical (unpaired) electrons. The molecule has 2 N–H and O–H groups in total. The van der Waals surface area contributed by atoms with E-state index >= 15 is 0 Å². The smallest absolute Gasteiger partial charge is 0.291 e. The van der Waals surface area contributed by atoms with Crippen molar-refractivity contribution in [1.82, 2.24) is 0 Å². The van der Waals surface area contributed by atoms with Gasteiger partial charge in [-0.25, -0.2) is 0 Å². The van der Waals surface area contributed by atoms with Gasteiger partial charge < -0.3 is 15.1 Å². The Morgan fingerprint density at radius 3 is 2.23 bits per heavy atom. The summed E-state index contributed by atoms with van der Waals surface area (Å²) < 4.78 is 29.6. The lowest BCUT2D eigenvalue weighted by Crippen LogP contribution is -2.14. The Kier molecular flexibility index (Phi) is 7.20. The molecule has 26 heavy (non-hydrogen) atoms. The first kappa shape index (κ1) is 20.0. The third-order valence-electron chi connectivity index (χ3n) is 3.26. The molecule has 2 rings (SSSR count). The Labute approximate surface area is 154 Å². The molecule has 0 aliphatic carbocycles. The predicted molar refractivity (Wildman–Crippen MR) is 98.5 cm³/mol. The number of carbonyl (C=O) groups excluding carboxylic acids is 2. The molecule has 0 aliphatic rings. The van der Waals surface area contributed by atoms with E-state index in [9.17, 15) is 18.4 Å². The van der Waals surface area contributed by atoms with Gasteiger partial charge in [-0.3, -0.25) is 9.59 Å². The van der Waals surface area contributed by atoms with Crippen LogP contribution in [0.4, 0.5) is 20.2 Å². The third-order valence-corrected chi connectivity index (χ3v) is 3.96. The molecule has 0 unspecified atom stereocenters. The minimum atomic E-state index is -2.49. The van der Waals surface area contributed by atoms with Crippen LogP contribution in [0.2, 0.25) is 0 Å². The first-order valence-corrected chi connectivity index (χ1v) is 9.08. The second-order valence-corrected chi connectivity index (χ2v) is 6.99. The minimum Gasteiger partial charge on any atom is -0.455 e. The van der Waals surface area contributed by atoms with E-state index in [0.717, 1.165) is 0 Å². The molecule has 2 aromatic rings. The average Bonchev–Trinajstić information content (AvgIpc) is 3.03. The van der Waals surface area contributed by atoms with Crippen LogP contribution >= 0.6 is 11.8 Å². The molecule has 1 aromatic carbocycles. The number of furan rings is 1. The van der Waals surface area contributed by atoms with Crippen molar-refractivity contribution in [2.24, 2.45) is 5.92 Å². The molecule has 0 saturated heterocycles. The summed E-state index contributed by atoms with van der Waals surface area (Å²) in [5.41, 5.74) is 1.16. The fourth-order valence-corrected chi connectivity index (χ4v) is 2.58. The predicted octanol–water partition coefficient (Wildman–Crippen LogP) is 4.97. The molecule has 0 saturated carbocycles. The Balaban J connectivity index is 1.90. The number of hydrogen-bond donors (Lipinski definition) is 2. The van der Waals surface area contributed by atoms with Gasteiger partial charge in [-0.1, -0.05) is 25.6 Å².